The zero-order chi connectivity index (χ0) is 21.6. The number of halogens is 2. The van der Waals surface area contributed by atoms with E-state index in [-0.39, 0.29) is 23.9 Å². The molecule has 2 rings (SSSR count). The topological polar surface area (TPSA) is 67.4 Å². The van der Waals surface area contributed by atoms with Crippen LogP contribution < -0.4 is 10.6 Å². The molecule has 0 aliphatic heterocycles. The third kappa shape index (κ3) is 7.18. The molecule has 0 radical (unpaired) electrons. The highest BCUT2D eigenvalue weighted by atomic mass is 19.2. The maximum atomic E-state index is 13.7. The highest BCUT2D eigenvalue weighted by Gasteiger charge is 2.24. The van der Waals surface area contributed by atoms with Crippen LogP contribution in [0.4, 0.5) is 13.6 Å². The molecule has 7 heteroatoms. The predicted molar refractivity (Wildman–Crippen MR) is 106 cm³/mol. The number of ether oxygens (including phenoxy) is 1. The lowest BCUT2D eigenvalue weighted by Crippen LogP contribution is -2.38. The van der Waals surface area contributed by atoms with Crippen molar-refractivity contribution in [3.8, 4) is 0 Å². The fraction of sp³-hybridized carbons (Fsp3) is 0.364. The van der Waals surface area contributed by atoms with Crippen LogP contribution in [0.3, 0.4) is 0 Å². The number of rotatable bonds is 6. The second-order valence-electron chi connectivity index (χ2n) is 7.78. The average Bonchev–Trinajstić information content (AvgIpc) is 2.62. The first-order valence-corrected chi connectivity index (χ1v) is 9.34. The van der Waals surface area contributed by atoms with Gasteiger partial charge in [0.2, 0.25) is 5.91 Å². The summed E-state index contributed by atoms with van der Waals surface area (Å²) in [5, 5.41) is 5.41. The zero-order valence-electron chi connectivity index (χ0n) is 17.0. The van der Waals surface area contributed by atoms with E-state index in [1.54, 1.807) is 20.8 Å². The van der Waals surface area contributed by atoms with Crippen molar-refractivity contribution in [2.24, 2.45) is 0 Å². The molecule has 2 aromatic carbocycles. The number of alkyl carbamates (subject to hydrolysis) is 1. The van der Waals surface area contributed by atoms with Crippen LogP contribution in [0.15, 0.2) is 48.5 Å². The van der Waals surface area contributed by atoms with Crippen molar-refractivity contribution in [1.29, 1.82) is 0 Å². The Morgan fingerprint density at radius 2 is 1.62 bits per heavy atom. The Morgan fingerprint density at radius 1 is 0.966 bits per heavy atom. The van der Waals surface area contributed by atoms with Gasteiger partial charge in [-0.05, 0) is 51.0 Å². The third-order valence-electron chi connectivity index (χ3n) is 4.10. The Labute approximate surface area is 169 Å². The summed E-state index contributed by atoms with van der Waals surface area (Å²) < 4.78 is 32.2. The molecule has 2 N–H and O–H groups in total. The van der Waals surface area contributed by atoms with Crippen LogP contribution in [0.25, 0.3) is 0 Å². The van der Waals surface area contributed by atoms with Crippen LogP contribution in [0, 0.1) is 11.6 Å². The number of hydrogen-bond acceptors (Lipinski definition) is 3. The number of amides is 2. The summed E-state index contributed by atoms with van der Waals surface area (Å²) in [4.78, 5) is 24.7. The normalized spacial score (nSPS) is 13.3. The molecular formula is C22H26F2N2O3. The minimum Gasteiger partial charge on any atom is -0.444 e. The van der Waals surface area contributed by atoms with Gasteiger partial charge in [0.1, 0.15) is 5.60 Å². The molecule has 156 valence electrons. The van der Waals surface area contributed by atoms with Gasteiger partial charge in [-0.2, -0.15) is 0 Å². The molecule has 2 aromatic rings. The van der Waals surface area contributed by atoms with Crippen molar-refractivity contribution < 1.29 is 23.1 Å². The molecule has 0 heterocycles. The van der Waals surface area contributed by atoms with Crippen LogP contribution in [0.2, 0.25) is 0 Å². The minimum atomic E-state index is -1.06. The smallest absolute Gasteiger partial charge is 0.408 e. The van der Waals surface area contributed by atoms with Gasteiger partial charge in [0.05, 0.1) is 18.5 Å². The number of carbonyl (C=O) groups excluding carboxylic acids is 2. The Hall–Kier alpha value is -2.96. The lowest BCUT2D eigenvalue weighted by Gasteiger charge is -2.24. The van der Waals surface area contributed by atoms with Crippen molar-refractivity contribution in [3.63, 3.8) is 0 Å². The van der Waals surface area contributed by atoms with Gasteiger partial charge >= 0.3 is 6.09 Å². The van der Waals surface area contributed by atoms with E-state index in [1.807, 2.05) is 37.3 Å². The molecular weight excluding hydrogens is 378 g/mol. The quantitative estimate of drug-likeness (QED) is 0.727. The highest BCUT2D eigenvalue weighted by Crippen LogP contribution is 2.21. The Bertz CT molecular complexity index is 851. The van der Waals surface area contributed by atoms with Gasteiger partial charge in [-0.15, -0.1) is 0 Å². The maximum absolute atomic E-state index is 13.7. The molecule has 0 saturated carbocycles. The van der Waals surface area contributed by atoms with E-state index >= 15 is 0 Å². The van der Waals surface area contributed by atoms with E-state index in [9.17, 15) is 18.4 Å². The van der Waals surface area contributed by atoms with Crippen molar-refractivity contribution >= 4 is 12.0 Å². The number of benzene rings is 2. The molecule has 0 aliphatic rings. The second kappa shape index (κ2) is 9.49. The third-order valence-corrected chi connectivity index (χ3v) is 4.10. The monoisotopic (exact) mass is 404 g/mol. The van der Waals surface area contributed by atoms with Crippen molar-refractivity contribution in [2.75, 3.05) is 0 Å². The summed E-state index contributed by atoms with van der Waals surface area (Å²) >= 11 is 0. The van der Waals surface area contributed by atoms with Crippen molar-refractivity contribution in [2.45, 2.75) is 51.8 Å². The molecule has 29 heavy (non-hydrogen) atoms. The SMILES string of the molecule is CC(NC(=O)CC(NC(=O)OC(C)(C)C)c1ccc(F)c(F)c1)c1ccccc1. The number of nitrogens with one attached hydrogen (secondary N) is 2. The first-order chi connectivity index (χ1) is 13.5. The molecule has 0 bridgehead atoms. The van der Waals surface area contributed by atoms with Gasteiger partial charge in [0.15, 0.2) is 11.6 Å². The molecule has 0 aromatic heterocycles. The standard InChI is InChI=1S/C22H26F2N2O3/c1-14(15-8-6-5-7-9-15)25-20(27)13-19(26-21(28)29-22(2,3)4)16-10-11-17(23)18(24)12-16/h5-12,14,19H,13H2,1-4H3,(H,25,27)(H,26,28). The van der Waals surface area contributed by atoms with Gasteiger partial charge in [0.25, 0.3) is 0 Å². The lowest BCUT2D eigenvalue weighted by atomic mass is 10.0. The summed E-state index contributed by atoms with van der Waals surface area (Å²) in [5.74, 6) is -2.42. The Kier molecular flexibility index (Phi) is 7.31. The van der Waals surface area contributed by atoms with Gasteiger partial charge in [-0.3, -0.25) is 4.79 Å². The fourth-order valence-electron chi connectivity index (χ4n) is 2.74. The maximum Gasteiger partial charge on any atom is 0.408 e. The molecule has 2 atom stereocenters. The predicted octanol–water partition coefficient (Wildman–Crippen LogP) is 4.80. The van der Waals surface area contributed by atoms with Crippen molar-refractivity contribution in [1.82, 2.24) is 10.6 Å². The van der Waals surface area contributed by atoms with E-state index in [1.165, 1.54) is 6.07 Å². The first-order valence-electron chi connectivity index (χ1n) is 9.34. The number of hydrogen-bond donors (Lipinski definition) is 2. The largest absolute Gasteiger partial charge is 0.444 e. The van der Waals surface area contributed by atoms with E-state index in [2.05, 4.69) is 10.6 Å². The lowest BCUT2D eigenvalue weighted by molar-refractivity contribution is -0.122. The van der Waals surface area contributed by atoms with E-state index in [4.69, 9.17) is 4.74 Å². The highest BCUT2D eigenvalue weighted by molar-refractivity contribution is 5.78. The van der Waals surface area contributed by atoms with Gasteiger partial charge < -0.3 is 15.4 Å². The Morgan fingerprint density at radius 3 is 2.21 bits per heavy atom. The van der Waals surface area contributed by atoms with E-state index in [0.29, 0.717) is 0 Å². The van der Waals surface area contributed by atoms with Crippen LogP contribution in [-0.4, -0.2) is 17.6 Å². The second-order valence-corrected chi connectivity index (χ2v) is 7.78. The van der Waals surface area contributed by atoms with E-state index in [0.717, 1.165) is 17.7 Å². The molecule has 0 fully saturated rings. The molecule has 2 unspecified atom stereocenters. The Balaban J connectivity index is 2.14. The fourth-order valence-corrected chi connectivity index (χ4v) is 2.74. The summed E-state index contributed by atoms with van der Waals surface area (Å²) in [5.41, 5.74) is 0.440. The first kappa shape index (κ1) is 22.3. The molecule has 2 amide bonds. The van der Waals surface area contributed by atoms with Crippen LogP contribution in [0.1, 0.15) is 57.3 Å². The minimum absolute atomic E-state index is 0.165. The average molecular weight is 404 g/mol. The van der Waals surface area contributed by atoms with Crippen molar-refractivity contribution in [3.05, 3.63) is 71.3 Å². The van der Waals surface area contributed by atoms with Crippen LogP contribution in [0.5, 0.6) is 0 Å². The summed E-state index contributed by atoms with van der Waals surface area (Å²) in [6.45, 7) is 6.94. The molecule has 5 nitrogen and oxygen atoms in total. The van der Waals surface area contributed by atoms with Gasteiger partial charge in [0, 0.05) is 0 Å². The summed E-state index contributed by atoms with van der Waals surface area (Å²) in [7, 11) is 0. The molecule has 0 aliphatic carbocycles. The summed E-state index contributed by atoms with van der Waals surface area (Å²) in [6.07, 6.45) is -0.919. The van der Waals surface area contributed by atoms with E-state index < -0.39 is 29.4 Å². The zero-order valence-corrected chi connectivity index (χ0v) is 17.0. The van der Waals surface area contributed by atoms with Crippen LogP contribution in [-0.2, 0) is 9.53 Å². The summed E-state index contributed by atoms with van der Waals surface area (Å²) in [6, 6.07) is 11.5. The number of carbonyl (C=O) groups is 2. The van der Waals surface area contributed by atoms with Gasteiger partial charge in [-0.25, -0.2) is 13.6 Å². The molecule has 0 saturated heterocycles. The molecule has 0 spiro atoms. The van der Waals surface area contributed by atoms with Crippen LogP contribution >= 0.6 is 0 Å². The van der Waals surface area contributed by atoms with Gasteiger partial charge in [-0.1, -0.05) is 36.4 Å².